The second-order valence-corrected chi connectivity index (χ2v) is 7.54. The summed E-state index contributed by atoms with van der Waals surface area (Å²) in [6, 6.07) is 12.4. The lowest BCUT2D eigenvalue weighted by atomic mass is 9.78. The Bertz CT molecular complexity index is 667. The number of benzene rings is 2. The topological polar surface area (TPSA) is 0 Å². The van der Waals surface area contributed by atoms with Gasteiger partial charge in [-0.2, -0.15) is 0 Å². The summed E-state index contributed by atoms with van der Waals surface area (Å²) >= 11 is 0. The van der Waals surface area contributed by atoms with Crippen LogP contribution in [0.2, 0.25) is 0 Å². The predicted molar refractivity (Wildman–Crippen MR) is 100 cm³/mol. The Balaban J connectivity index is 1.52. The van der Waals surface area contributed by atoms with E-state index in [9.17, 15) is 8.78 Å². The first-order valence-electron chi connectivity index (χ1n) is 9.70. The maximum atomic E-state index is 13.4. The van der Waals surface area contributed by atoms with Gasteiger partial charge < -0.3 is 0 Å². The van der Waals surface area contributed by atoms with E-state index in [2.05, 4.69) is 19.1 Å². The van der Waals surface area contributed by atoms with Gasteiger partial charge in [-0.3, -0.25) is 0 Å². The van der Waals surface area contributed by atoms with Gasteiger partial charge in [-0.15, -0.1) is 0 Å². The van der Waals surface area contributed by atoms with Gasteiger partial charge in [0.15, 0.2) is 11.6 Å². The third-order valence-electron chi connectivity index (χ3n) is 5.71. The zero-order chi connectivity index (χ0) is 17.6. The van der Waals surface area contributed by atoms with E-state index in [1.807, 2.05) is 12.1 Å². The minimum Gasteiger partial charge on any atom is -0.204 e. The fourth-order valence-corrected chi connectivity index (χ4v) is 4.13. The largest absolute Gasteiger partial charge is 0.204 e. The van der Waals surface area contributed by atoms with Gasteiger partial charge in [0.25, 0.3) is 0 Å². The molecule has 0 saturated heterocycles. The molecule has 0 nitrogen and oxygen atoms in total. The molecule has 0 radical (unpaired) electrons. The summed E-state index contributed by atoms with van der Waals surface area (Å²) in [4.78, 5) is 0. The average Bonchev–Trinajstić information content (AvgIpc) is 2.64. The third-order valence-corrected chi connectivity index (χ3v) is 5.71. The molecule has 0 aromatic heterocycles. The van der Waals surface area contributed by atoms with Gasteiger partial charge in [0.1, 0.15) is 0 Å². The molecule has 1 aliphatic carbocycles. The van der Waals surface area contributed by atoms with E-state index in [-0.39, 0.29) is 0 Å². The quantitative estimate of drug-likeness (QED) is 0.522. The molecule has 1 fully saturated rings. The van der Waals surface area contributed by atoms with Crippen LogP contribution in [0.4, 0.5) is 8.78 Å². The first-order chi connectivity index (χ1) is 12.2. The molecule has 0 amide bonds. The van der Waals surface area contributed by atoms with Gasteiger partial charge in [-0.1, -0.05) is 75.8 Å². The van der Waals surface area contributed by atoms with Gasteiger partial charge in [0, 0.05) is 0 Å². The Morgan fingerprint density at radius 3 is 1.96 bits per heavy atom. The van der Waals surface area contributed by atoms with Crippen LogP contribution in [0, 0.1) is 23.5 Å². The van der Waals surface area contributed by atoms with E-state index in [0.717, 1.165) is 29.4 Å². The summed E-state index contributed by atoms with van der Waals surface area (Å²) in [5, 5.41) is 0. The van der Waals surface area contributed by atoms with Crippen molar-refractivity contribution in [3.8, 4) is 11.1 Å². The number of aryl methyl sites for hydroxylation is 1. The molecule has 2 heteroatoms. The Hall–Kier alpha value is -1.70. The van der Waals surface area contributed by atoms with Crippen LogP contribution in [0.25, 0.3) is 11.1 Å². The second-order valence-electron chi connectivity index (χ2n) is 7.54. The van der Waals surface area contributed by atoms with E-state index in [1.165, 1.54) is 62.6 Å². The highest BCUT2D eigenvalue weighted by atomic mass is 19.2. The van der Waals surface area contributed by atoms with E-state index >= 15 is 0 Å². The summed E-state index contributed by atoms with van der Waals surface area (Å²) in [5.74, 6) is 0.255. The molecule has 2 aromatic rings. The highest BCUT2D eigenvalue weighted by Crippen LogP contribution is 2.34. The molecule has 0 aliphatic heterocycles. The average molecular weight is 342 g/mol. The van der Waals surface area contributed by atoms with Crippen LogP contribution in [0.1, 0.15) is 57.4 Å². The van der Waals surface area contributed by atoms with Gasteiger partial charge in [0.05, 0.1) is 0 Å². The Labute approximate surface area is 150 Å². The van der Waals surface area contributed by atoms with Crippen molar-refractivity contribution in [1.29, 1.82) is 0 Å². The lowest BCUT2D eigenvalue weighted by Crippen LogP contribution is -2.15. The van der Waals surface area contributed by atoms with Gasteiger partial charge in [-0.05, 0) is 53.5 Å². The Morgan fingerprint density at radius 1 is 0.760 bits per heavy atom. The molecule has 2 aromatic carbocycles. The maximum Gasteiger partial charge on any atom is 0.159 e. The summed E-state index contributed by atoms with van der Waals surface area (Å²) in [6.45, 7) is 2.29. The lowest BCUT2D eigenvalue weighted by molar-refractivity contribution is 0.252. The minimum absolute atomic E-state index is 0.722. The molecular formula is C23H28F2. The summed E-state index contributed by atoms with van der Waals surface area (Å²) in [7, 11) is 0. The first-order valence-corrected chi connectivity index (χ1v) is 9.70. The van der Waals surface area contributed by atoms with Crippen molar-refractivity contribution in [3.05, 3.63) is 59.7 Å². The van der Waals surface area contributed by atoms with E-state index in [0.29, 0.717) is 0 Å². The van der Waals surface area contributed by atoms with Crippen LogP contribution in [0.5, 0.6) is 0 Å². The zero-order valence-corrected chi connectivity index (χ0v) is 15.1. The second kappa shape index (κ2) is 8.60. The normalized spacial score (nSPS) is 20.6. The van der Waals surface area contributed by atoms with Crippen LogP contribution < -0.4 is 0 Å². The van der Waals surface area contributed by atoms with Gasteiger partial charge in [-0.25, -0.2) is 8.78 Å². The fourth-order valence-electron chi connectivity index (χ4n) is 4.13. The van der Waals surface area contributed by atoms with Crippen molar-refractivity contribution >= 4 is 0 Å². The van der Waals surface area contributed by atoms with Gasteiger partial charge >= 0.3 is 0 Å². The molecular weight excluding hydrogens is 314 g/mol. The van der Waals surface area contributed by atoms with Crippen LogP contribution in [0.3, 0.4) is 0 Å². The fraction of sp³-hybridized carbons (Fsp3) is 0.478. The molecule has 25 heavy (non-hydrogen) atoms. The van der Waals surface area contributed by atoms with Crippen molar-refractivity contribution < 1.29 is 8.78 Å². The van der Waals surface area contributed by atoms with Crippen molar-refractivity contribution in [2.75, 3.05) is 0 Å². The molecule has 0 N–H and O–H groups in total. The minimum atomic E-state index is -0.797. The zero-order valence-electron chi connectivity index (χ0n) is 15.1. The summed E-state index contributed by atoms with van der Waals surface area (Å²) < 4.78 is 26.4. The molecule has 0 spiro atoms. The number of hydrogen-bond acceptors (Lipinski definition) is 0. The predicted octanol–water partition coefficient (Wildman–Crippen LogP) is 7.17. The van der Waals surface area contributed by atoms with E-state index < -0.39 is 11.6 Å². The number of rotatable bonds is 6. The Kier molecular flexibility index (Phi) is 6.23. The lowest BCUT2D eigenvalue weighted by Gasteiger charge is -2.28. The number of halogens is 2. The molecule has 0 heterocycles. The summed E-state index contributed by atoms with van der Waals surface area (Å²) in [6.07, 6.45) is 10.7. The highest BCUT2D eigenvalue weighted by Gasteiger charge is 2.20. The number of hydrogen-bond donors (Lipinski definition) is 0. The molecule has 0 atom stereocenters. The van der Waals surface area contributed by atoms with Crippen molar-refractivity contribution in [1.82, 2.24) is 0 Å². The van der Waals surface area contributed by atoms with Crippen LogP contribution in [-0.4, -0.2) is 0 Å². The maximum absolute atomic E-state index is 13.4. The molecule has 0 unspecified atom stereocenters. The SMILES string of the molecule is CCC[C@H]1CC[C@H](CCc2ccc(-c3ccc(F)c(F)c3)cc2)CC1. The first kappa shape index (κ1) is 18.1. The molecule has 134 valence electrons. The monoisotopic (exact) mass is 342 g/mol. The van der Waals surface area contributed by atoms with E-state index in [4.69, 9.17) is 0 Å². The van der Waals surface area contributed by atoms with Crippen molar-refractivity contribution in [2.24, 2.45) is 11.8 Å². The molecule has 1 saturated carbocycles. The van der Waals surface area contributed by atoms with E-state index in [1.54, 1.807) is 6.07 Å². The Morgan fingerprint density at radius 2 is 1.36 bits per heavy atom. The molecule has 3 rings (SSSR count). The highest BCUT2D eigenvalue weighted by molar-refractivity contribution is 5.63. The van der Waals surface area contributed by atoms with Crippen LogP contribution in [0.15, 0.2) is 42.5 Å². The van der Waals surface area contributed by atoms with Crippen LogP contribution in [-0.2, 0) is 6.42 Å². The van der Waals surface area contributed by atoms with Crippen molar-refractivity contribution in [3.63, 3.8) is 0 Å². The molecule has 1 aliphatic rings. The third kappa shape index (κ3) is 4.90. The standard InChI is InChI=1S/C23H28F2/c1-2-3-17-4-6-18(7-5-17)8-9-19-10-12-20(13-11-19)21-14-15-22(24)23(25)16-21/h10-18H,2-9H2,1H3/t17-,18-. The van der Waals surface area contributed by atoms with Crippen LogP contribution >= 0.6 is 0 Å². The summed E-state index contributed by atoms with van der Waals surface area (Å²) in [5.41, 5.74) is 2.99. The van der Waals surface area contributed by atoms with Crippen molar-refractivity contribution in [2.45, 2.75) is 58.3 Å². The van der Waals surface area contributed by atoms with Gasteiger partial charge in [0.2, 0.25) is 0 Å². The molecule has 0 bridgehead atoms. The smallest absolute Gasteiger partial charge is 0.159 e.